The fourth-order valence-electron chi connectivity index (χ4n) is 2.37. The highest BCUT2D eigenvalue weighted by atomic mass is 16.6. The van der Waals surface area contributed by atoms with Crippen LogP contribution in [0.4, 0.5) is 11.5 Å². The van der Waals surface area contributed by atoms with Gasteiger partial charge >= 0.3 is 0 Å². The lowest BCUT2D eigenvalue weighted by Gasteiger charge is -2.12. The molecule has 0 bridgehead atoms. The summed E-state index contributed by atoms with van der Waals surface area (Å²) in [7, 11) is 0. The zero-order chi connectivity index (χ0) is 19.8. The van der Waals surface area contributed by atoms with Crippen molar-refractivity contribution in [3.05, 3.63) is 82.8 Å². The number of rotatable bonds is 8. The van der Waals surface area contributed by atoms with Crippen molar-refractivity contribution in [3.8, 4) is 11.5 Å². The van der Waals surface area contributed by atoms with E-state index in [0.29, 0.717) is 18.1 Å². The van der Waals surface area contributed by atoms with Gasteiger partial charge in [-0.05, 0) is 18.2 Å². The van der Waals surface area contributed by atoms with E-state index in [0.717, 1.165) is 0 Å². The van der Waals surface area contributed by atoms with Gasteiger partial charge in [0.1, 0.15) is 17.3 Å². The summed E-state index contributed by atoms with van der Waals surface area (Å²) >= 11 is 0. The fraction of sp³-hybridized carbons (Fsp3) is 0.105. The first-order chi connectivity index (χ1) is 13.6. The summed E-state index contributed by atoms with van der Waals surface area (Å²) in [5, 5.41) is 16.8. The highest BCUT2D eigenvalue weighted by Crippen LogP contribution is 2.28. The third kappa shape index (κ3) is 5.01. The summed E-state index contributed by atoms with van der Waals surface area (Å²) in [5.41, 5.74) is -0.110. The average Bonchev–Trinajstić information content (AvgIpc) is 2.72. The van der Waals surface area contributed by atoms with Crippen LogP contribution in [-0.4, -0.2) is 33.9 Å². The molecule has 142 valence electrons. The van der Waals surface area contributed by atoms with Crippen molar-refractivity contribution < 1.29 is 14.5 Å². The number of non-ortho nitro benzene ring substituents is 1. The molecule has 1 aromatic heterocycles. The molecule has 3 aromatic rings. The normalized spacial score (nSPS) is 10.1. The number of anilines is 1. The lowest BCUT2D eigenvalue weighted by Crippen LogP contribution is -2.29. The largest absolute Gasteiger partial charge is 0.457 e. The molecule has 0 saturated heterocycles. The van der Waals surface area contributed by atoms with Crippen LogP contribution in [0.5, 0.6) is 11.5 Å². The van der Waals surface area contributed by atoms with Gasteiger partial charge in [-0.2, -0.15) is 0 Å². The lowest BCUT2D eigenvalue weighted by atomic mass is 10.1. The van der Waals surface area contributed by atoms with Crippen molar-refractivity contribution in [3.63, 3.8) is 0 Å². The topological polar surface area (TPSA) is 119 Å². The first-order valence-electron chi connectivity index (χ1n) is 8.43. The molecule has 2 N–H and O–H groups in total. The lowest BCUT2D eigenvalue weighted by molar-refractivity contribution is -0.384. The van der Waals surface area contributed by atoms with Crippen molar-refractivity contribution >= 4 is 17.4 Å². The zero-order valence-corrected chi connectivity index (χ0v) is 14.7. The van der Waals surface area contributed by atoms with Crippen LogP contribution in [0.15, 0.2) is 67.1 Å². The minimum atomic E-state index is -0.557. The predicted molar refractivity (Wildman–Crippen MR) is 102 cm³/mol. The third-order valence-corrected chi connectivity index (χ3v) is 3.67. The molecule has 1 heterocycles. The standard InChI is InChI=1S/C19H17N5O4/c25-19(23-11-10-22-18-13-20-8-9-21-18)16-12-14(24(26)27)6-7-17(16)28-15-4-2-1-3-5-15/h1-9,12-13H,10-11H2,(H,21,22)(H,23,25). The average molecular weight is 379 g/mol. The molecule has 2 aromatic carbocycles. The number of para-hydroxylation sites is 1. The molecule has 0 unspecified atom stereocenters. The SMILES string of the molecule is O=C(NCCNc1cnccn1)c1cc([N+](=O)[O-])ccc1Oc1ccccc1. The van der Waals surface area contributed by atoms with Crippen LogP contribution >= 0.6 is 0 Å². The maximum atomic E-state index is 12.6. The van der Waals surface area contributed by atoms with Gasteiger partial charge < -0.3 is 15.4 Å². The van der Waals surface area contributed by atoms with E-state index in [4.69, 9.17) is 4.74 Å². The highest BCUT2D eigenvalue weighted by Gasteiger charge is 2.18. The maximum Gasteiger partial charge on any atom is 0.270 e. The number of amides is 1. The highest BCUT2D eigenvalue weighted by molar-refractivity contribution is 5.97. The second-order valence-corrected chi connectivity index (χ2v) is 5.63. The number of hydrogen-bond donors (Lipinski definition) is 2. The molecule has 0 aliphatic rings. The fourth-order valence-corrected chi connectivity index (χ4v) is 2.37. The molecule has 28 heavy (non-hydrogen) atoms. The molecule has 0 saturated carbocycles. The van der Waals surface area contributed by atoms with E-state index in [-0.39, 0.29) is 23.5 Å². The molecule has 1 amide bonds. The third-order valence-electron chi connectivity index (χ3n) is 3.67. The van der Waals surface area contributed by atoms with Crippen LogP contribution in [0, 0.1) is 10.1 Å². The Balaban J connectivity index is 1.69. The first kappa shape index (κ1) is 18.8. The van der Waals surface area contributed by atoms with E-state index in [1.54, 1.807) is 42.9 Å². The summed E-state index contributed by atoms with van der Waals surface area (Å²) in [5.74, 6) is 0.863. The van der Waals surface area contributed by atoms with Crippen LogP contribution in [0.3, 0.4) is 0 Å². The van der Waals surface area contributed by atoms with Gasteiger partial charge in [-0.3, -0.25) is 19.9 Å². The number of nitro benzene ring substituents is 1. The Morgan fingerprint density at radius 3 is 2.64 bits per heavy atom. The maximum absolute atomic E-state index is 12.6. The van der Waals surface area contributed by atoms with Crippen molar-refractivity contribution in [2.24, 2.45) is 0 Å². The summed E-state index contributed by atoms with van der Waals surface area (Å²) in [4.78, 5) is 31.1. The van der Waals surface area contributed by atoms with Crippen molar-refractivity contribution in [1.29, 1.82) is 0 Å². The predicted octanol–water partition coefficient (Wildman–Crippen LogP) is 3.02. The Morgan fingerprint density at radius 1 is 1.11 bits per heavy atom. The molecular weight excluding hydrogens is 362 g/mol. The molecule has 0 radical (unpaired) electrons. The molecular formula is C19H17N5O4. The number of hydrogen-bond acceptors (Lipinski definition) is 7. The quantitative estimate of drug-likeness (QED) is 0.351. The Hall–Kier alpha value is -4.01. The number of carbonyl (C=O) groups is 1. The van der Waals surface area contributed by atoms with Crippen molar-refractivity contribution in [1.82, 2.24) is 15.3 Å². The Labute approximate surface area is 160 Å². The second kappa shape index (κ2) is 9.08. The number of benzene rings is 2. The van der Waals surface area contributed by atoms with Gasteiger partial charge in [0, 0.05) is 37.6 Å². The first-order valence-corrected chi connectivity index (χ1v) is 8.43. The van der Waals surface area contributed by atoms with Gasteiger partial charge in [-0.25, -0.2) is 4.98 Å². The summed E-state index contributed by atoms with van der Waals surface area (Å²) in [6.07, 6.45) is 4.68. The van der Waals surface area contributed by atoms with E-state index in [1.165, 1.54) is 18.2 Å². The molecule has 0 fully saturated rings. The zero-order valence-electron chi connectivity index (χ0n) is 14.7. The van der Waals surface area contributed by atoms with E-state index in [2.05, 4.69) is 20.6 Å². The van der Waals surface area contributed by atoms with Crippen molar-refractivity contribution in [2.45, 2.75) is 0 Å². The van der Waals surface area contributed by atoms with Crippen LogP contribution < -0.4 is 15.4 Å². The Morgan fingerprint density at radius 2 is 1.93 bits per heavy atom. The van der Waals surface area contributed by atoms with Gasteiger partial charge in [0.2, 0.25) is 0 Å². The number of nitrogens with zero attached hydrogens (tertiary/aromatic N) is 3. The number of nitrogens with one attached hydrogen (secondary N) is 2. The van der Waals surface area contributed by atoms with Gasteiger partial charge in [-0.15, -0.1) is 0 Å². The monoisotopic (exact) mass is 379 g/mol. The number of aromatic nitrogens is 2. The number of nitro groups is 1. The number of ether oxygens (including phenoxy) is 1. The minimum absolute atomic E-state index is 0.0811. The van der Waals surface area contributed by atoms with Gasteiger partial charge in [0.25, 0.3) is 11.6 Å². The van der Waals surface area contributed by atoms with Gasteiger partial charge in [-0.1, -0.05) is 18.2 Å². The molecule has 9 heteroatoms. The minimum Gasteiger partial charge on any atom is -0.457 e. The second-order valence-electron chi connectivity index (χ2n) is 5.63. The van der Waals surface area contributed by atoms with Crippen LogP contribution in [-0.2, 0) is 0 Å². The Kier molecular flexibility index (Phi) is 6.09. The molecule has 0 atom stereocenters. The molecule has 0 aliphatic heterocycles. The molecule has 9 nitrogen and oxygen atoms in total. The van der Waals surface area contributed by atoms with Crippen LogP contribution in [0.2, 0.25) is 0 Å². The van der Waals surface area contributed by atoms with Crippen LogP contribution in [0.1, 0.15) is 10.4 Å². The smallest absolute Gasteiger partial charge is 0.270 e. The van der Waals surface area contributed by atoms with E-state index < -0.39 is 10.8 Å². The molecule has 0 spiro atoms. The number of carbonyl (C=O) groups excluding carboxylic acids is 1. The van der Waals surface area contributed by atoms with E-state index >= 15 is 0 Å². The van der Waals surface area contributed by atoms with Gasteiger partial charge in [0.05, 0.1) is 16.7 Å². The Bertz CT molecular complexity index is 951. The molecule has 3 rings (SSSR count). The molecule has 0 aliphatic carbocycles. The van der Waals surface area contributed by atoms with Gasteiger partial charge in [0.15, 0.2) is 0 Å². The van der Waals surface area contributed by atoms with E-state index in [1.807, 2.05) is 6.07 Å². The summed E-state index contributed by atoms with van der Waals surface area (Å²) in [6, 6.07) is 12.8. The van der Waals surface area contributed by atoms with E-state index in [9.17, 15) is 14.9 Å². The summed E-state index contributed by atoms with van der Waals surface area (Å²) in [6.45, 7) is 0.692. The van der Waals surface area contributed by atoms with Crippen molar-refractivity contribution in [2.75, 3.05) is 18.4 Å². The summed E-state index contributed by atoms with van der Waals surface area (Å²) < 4.78 is 5.72. The van der Waals surface area contributed by atoms with Crippen LogP contribution in [0.25, 0.3) is 0 Å².